The van der Waals surface area contributed by atoms with Crippen molar-refractivity contribution >= 4 is 17.6 Å². The summed E-state index contributed by atoms with van der Waals surface area (Å²) < 4.78 is 4.92. The lowest BCUT2D eigenvalue weighted by molar-refractivity contribution is -0.120. The van der Waals surface area contributed by atoms with E-state index < -0.39 is 0 Å². The molecule has 0 aliphatic rings. The molecular weight excluding hydrogens is 280 g/mol. The van der Waals surface area contributed by atoms with Gasteiger partial charge in [0.1, 0.15) is 0 Å². The highest BCUT2D eigenvalue weighted by atomic mass is 16.5. The summed E-state index contributed by atoms with van der Waals surface area (Å²) in [6.45, 7) is 7.70. The van der Waals surface area contributed by atoms with Gasteiger partial charge in [-0.05, 0) is 43.5 Å². The van der Waals surface area contributed by atoms with E-state index >= 15 is 0 Å². The van der Waals surface area contributed by atoms with Crippen LogP contribution in [-0.2, 0) is 9.53 Å². The number of benzene rings is 1. The molecule has 1 amide bonds. The van der Waals surface area contributed by atoms with Crippen LogP contribution in [0.25, 0.3) is 0 Å². The molecule has 0 bridgehead atoms. The molecular formula is C17H26N2O3. The van der Waals surface area contributed by atoms with Gasteiger partial charge in [-0.25, -0.2) is 4.79 Å². The third-order valence-corrected chi connectivity index (χ3v) is 3.12. The summed E-state index contributed by atoms with van der Waals surface area (Å²) in [6.07, 6.45) is 1.42. The van der Waals surface area contributed by atoms with E-state index in [9.17, 15) is 9.59 Å². The van der Waals surface area contributed by atoms with Crippen LogP contribution in [0.3, 0.4) is 0 Å². The summed E-state index contributed by atoms with van der Waals surface area (Å²) in [4.78, 5) is 23.1. The van der Waals surface area contributed by atoms with Crippen molar-refractivity contribution in [2.75, 3.05) is 25.0 Å². The Morgan fingerprint density at radius 2 is 1.82 bits per heavy atom. The monoisotopic (exact) mass is 306 g/mol. The van der Waals surface area contributed by atoms with E-state index in [0.29, 0.717) is 31.1 Å². The Morgan fingerprint density at radius 1 is 1.14 bits per heavy atom. The Kier molecular flexibility index (Phi) is 8.04. The highest BCUT2D eigenvalue weighted by Crippen LogP contribution is 2.10. The van der Waals surface area contributed by atoms with Crippen molar-refractivity contribution in [2.45, 2.75) is 33.6 Å². The minimum atomic E-state index is -0.321. The molecule has 1 rings (SSSR count). The zero-order valence-electron chi connectivity index (χ0n) is 13.6. The molecule has 0 aliphatic heterocycles. The van der Waals surface area contributed by atoms with E-state index in [2.05, 4.69) is 24.5 Å². The molecule has 0 aliphatic carbocycles. The first-order chi connectivity index (χ1) is 10.5. The van der Waals surface area contributed by atoms with E-state index in [1.165, 1.54) is 0 Å². The minimum Gasteiger partial charge on any atom is -0.462 e. The topological polar surface area (TPSA) is 67.4 Å². The number of anilines is 1. The zero-order valence-corrected chi connectivity index (χ0v) is 13.6. The molecule has 0 unspecified atom stereocenters. The van der Waals surface area contributed by atoms with E-state index in [1.807, 2.05) is 12.1 Å². The van der Waals surface area contributed by atoms with Gasteiger partial charge in [0.2, 0.25) is 5.91 Å². The molecule has 0 saturated carbocycles. The lowest BCUT2D eigenvalue weighted by Crippen LogP contribution is -2.27. The molecule has 0 aromatic heterocycles. The fraction of sp³-hybridized carbons (Fsp3) is 0.529. The van der Waals surface area contributed by atoms with Gasteiger partial charge >= 0.3 is 5.97 Å². The molecule has 0 atom stereocenters. The van der Waals surface area contributed by atoms with E-state index in [4.69, 9.17) is 4.74 Å². The Bertz CT molecular complexity index is 469. The maximum atomic E-state index is 11.6. The minimum absolute atomic E-state index is 0.0521. The van der Waals surface area contributed by atoms with Gasteiger partial charge in [0.25, 0.3) is 0 Å². The van der Waals surface area contributed by atoms with Crippen molar-refractivity contribution in [3.8, 4) is 0 Å². The molecule has 1 aromatic rings. The second kappa shape index (κ2) is 9.82. The second-order valence-corrected chi connectivity index (χ2v) is 5.51. The van der Waals surface area contributed by atoms with Gasteiger partial charge in [-0.15, -0.1) is 0 Å². The van der Waals surface area contributed by atoms with Crippen LogP contribution >= 0.6 is 0 Å². The molecule has 0 fully saturated rings. The van der Waals surface area contributed by atoms with Crippen molar-refractivity contribution in [1.29, 1.82) is 0 Å². The molecule has 122 valence electrons. The van der Waals surface area contributed by atoms with Gasteiger partial charge in [-0.2, -0.15) is 0 Å². The SMILES string of the molecule is CCOC(=O)c1ccc(NCCC(=O)NCCC(C)C)cc1. The van der Waals surface area contributed by atoms with Crippen molar-refractivity contribution in [3.63, 3.8) is 0 Å². The molecule has 1 aromatic carbocycles. The number of esters is 1. The number of carbonyl (C=O) groups is 2. The summed E-state index contributed by atoms with van der Waals surface area (Å²) in [6, 6.07) is 7.04. The maximum Gasteiger partial charge on any atom is 0.338 e. The highest BCUT2D eigenvalue weighted by molar-refractivity contribution is 5.89. The largest absolute Gasteiger partial charge is 0.462 e. The third-order valence-electron chi connectivity index (χ3n) is 3.12. The lowest BCUT2D eigenvalue weighted by atomic mass is 10.1. The predicted octanol–water partition coefficient (Wildman–Crippen LogP) is 2.83. The molecule has 5 nitrogen and oxygen atoms in total. The van der Waals surface area contributed by atoms with Gasteiger partial charge in [0.05, 0.1) is 12.2 Å². The number of hydrogen-bond donors (Lipinski definition) is 2. The number of hydrogen-bond acceptors (Lipinski definition) is 4. The number of amides is 1. The molecule has 5 heteroatoms. The van der Waals surface area contributed by atoms with Crippen molar-refractivity contribution in [2.24, 2.45) is 5.92 Å². The molecule has 0 radical (unpaired) electrons. The first-order valence-corrected chi connectivity index (χ1v) is 7.80. The maximum absolute atomic E-state index is 11.6. The highest BCUT2D eigenvalue weighted by Gasteiger charge is 2.06. The van der Waals surface area contributed by atoms with Crippen LogP contribution in [0.1, 0.15) is 44.0 Å². The first-order valence-electron chi connectivity index (χ1n) is 7.80. The van der Waals surface area contributed by atoms with Crippen molar-refractivity contribution in [3.05, 3.63) is 29.8 Å². The van der Waals surface area contributed by atoms with Crippen molar-refractivity contribution in [1.82, 2.24) is 5.32 Å². The number of nitrogens with one attached hydrogen (secondary N) is 2. The van der Waals surface area contributed by atoms with Crippen LogP contribution in [-0.4, -0.2) is 31.6 Å². The summed E-state index contributed by atoms with van der Waals surface area (Å²) in [5.74, 6) is 0.325. The second-order valence-electron chi connectivity index (χ2n) is 5.51. The van der Waals surface area contributed by atoms with Crippen LogP contribution in [0.5, 0.6) is 0 Å². The average molecular weight is 306 g/mol. The van der Waals surface area contributed by atoms with Crippen LogP contribution in [0.4, 0.5) is 5.69 Å². The molecule has 0 saturated heterocycles. The van der Waals surface area contributed by atoms with Gasteiger partial charge in [-0.1, -0.05) is 13.8 Å². The average Bonchev–Trinajstić information content (AvgIpc) is 2.48. The molecule has 2 N–H and O–H groups in total. The van der Waals surface area contributed by atoms with Gasteiger partial charge < -0.3 is 15.4 Å². The van der Waals surface area contributed by atoms with Crippen LogP contribution in [0.2, 0.25) is 0 Å². The normalized spacial score (nSPS) is 10.4. The smallest absolute Gasteiger partial charge is 0.338 e. The molecule has 0 spiro atoms. The number of rotatable bonds is 9. The van der Waals surface area contributed by atoms with Gasteiger partial charge in [0.15, 0.2) is 0 Å². The van der Waals surface area contributed by atoms with Crippen molar-refractivity contribution < 1.29 is 14.3 Å². The van der Waals surface area contributed by atoms with E-state index in [-0.39, 0.29) is 11.9 Å². The quantitative estimate of drug-likeness (QED) is 0.688. The van der Waals surface area contributed by atoms with Crippen LogP contribution < -0.4 is 10.6 Å². The fourth-order valence-electron chi connectivity index (χ4n) is 1.85. The zero-order chi connectivity index (χ0) is 16.4. The molecule has 0 heterocycles. The van der Waals surface area contributed by atoms with Crippen LogP contribution in [0, 0.1) is 5.92 Å². The number of ether oxygens (including phenoxy) is 1. The lowest BCUT2D eigenvalue weighted by Gasteiger charge is -2.09. The Hall–Kier alpha value is -2.04. The van der Waals surface area contributed by atoms with E-state index in [1.54, 1.807) is 19.1 Å². The van der Waals surface area contributed by atoms with E-state index in [0.717, 1.165) is 18.7 Å². The summed E-state index contributed by atoms with van der Waals surface area (Å²) in [5.41, 5.74) is 1.40. The Balaban J connectivity index is 2.27. The van der Waals surface area contributed by atoms with Gasteiger partial charge in [0, 0.05) is 25.2 Å². The first kappa shape index (κ1) is 18.0. The van der Waals surface area contributed by atoms with Gasteiger partial charge in [-0.3, -0.25) is 4.79 Å². The van der Waals surface area contributed by atoms with Crippen LogP contribution in [0.15, 0.2) is 24.3 Å². The standard InChI is InChI=1S/C17H26N2O3/c1-4-22-17(21)14-5-7-15(8-6-14)18-12-10-16(20)19-11-9-13(2)3/h5-8,13,18H,4,9-12H2,1-3H3,(H,19,20). The summed E-state index contributed by atoms with van der Waals surface area (Å²) in [5, 5.41) is 6.06. The Labute approximate surface area is 132 Å². The fourth-order valence-corrected chi connectivity index (χ4v) is 1.85. The molecule has 22 heavy (non-hydrogen) atoms. The predicted molar refractivity (Wildman–Crippen MR) is 88.0 cm³/mol. The summed E-state index contributed by atoms with van der Waals surface area (Å²) in [7, 11) is 0. The number of carbonyl (C=O) groups excluding carboxylic acids is 2. The summed E-state index contributed by atoms with van der Waals surface area (Å²) >= 11 is 0. The Morgan fingerprint density at radius 3 is 2.41 bits per heavy atom. The third kappa shape index (κ3) is 7.11.